The second-order valence-electron chi connectivity index (χ2n) is 8.17. The first-order valence-electron chi connectivity index (χ1n) is 11.1. The van der Waals surface area contributed by atoms with Gasteiger partial charge in [0, 0.05) is 25.8 Å². The second-order valence-corrected chi connectivity index (χ2v) is 8.17. The molecule has 0 aliphatic rings. The zero-order valence-electron chi connectivity index (χ0n) is 19.6. The molecule has 2 aromatic carbocycles. The summed E-state index contributed by atoms with van der Waals surface area (Å²) in [4.78, 5) is 35.5. The van der Waals surface area contributed by atoms with E-state index in [-0.39, 0.29) is 11.5 Å². The minimum absolute atomic E-state index is 0.159. The zero-order valence-corrected chi connectivity index (χ0v) is 19.6. The fourth-order valence-corrected chi connectivity index (χ4v) is 3.85. The van der Waals surface area contributed by atoms with E-state index in [1.54, 1.807) is 28.7 Å². The molecule has 33 heavy (non-hydrogen) atoms. The minimum atomic E-state index is -0.448. The number of rotatable bonds is 10. The number of hydrogen-bond acceptors (Lipinski definition) is 5. The van der Waals surface area contributed by atoms with E-state index in [1.807, 2.05) is 38.1 Å². The maximum Gasteiger partial charge on any atom is 0.261 e. The summed E-state index contributed by atoms with van der Waals surface area (Å²) in [7, 11) is 5.45. The minimum Gasteiger partial charge on any atom is -0.383 e. The van der Waals surface area contributed by atoms with Crippen LogP contribution in [0, 0.1) is 5.82 Å². The molecular weight excluding hydrogens is 423 g/mol. The number of nitrogens with zero attached hydrogens (tertiary/aromatic N) is 4. The highest BCUT2D eigenvalue weighted by Crippen LogP contribution is 2.26. The molecule has 3 rings (SSSR count). The molecule has 176 valence electrons. The Hall–Kier alpha value is -3.10. The smallest absolute Gasteiger partial charge is 0.261 e. The number of carbonyl (C=O) groups excluding carboxylic acids is 1. The summed E-state index contributed by atoms with van der Waals surface area (Å²) in [6.45, 7) is 3.68. The lowest BCUT2D eigenvalue weighted by molar-refractivity contribution is 0.0639. The molecule has 1 atom stereocenters. The van der Waals surface area contributed by atoms with Gasteiger partial charge in [-0.15, -0.1) is 0 Å². The van der Waals surface area contributed by atoms with E-state index in [4.69, 9.17) is 9.72 Å². The SMILES string of the molecule is CCC(c1nc2ccccc2c(=O)n1CCOC)N(CCN(C)C)C(=O)c1ccc(F)cc1. The Bertz CT molecular complexity index is 1140. The van der Waals surface area contributed by atoms with Gasteiger partial charge in [-0.2, -0.15) is 0 Å². The van der Waals surface area contributed by atoms with Crippen molar-refractivity contribution in [2.45, 2.75) is 25.9 Å². The molecule has 0 bridgehead atoms. The lowest BCUT2D eigenvalue weighted by atomic mass is 10.1. The Morgan fingerprint density at radius 2 is 1.82 bits per heavy atom. The van der Waals surface area contributed by atoms with Crippen LogP contribution in [0.25, 0.3) is 10.9 Å². The van der Waals surface area contributed by atoms with Gasteiger partial charge >= 0.3 is 0 Å². The van der Waals surface area contributed by atoms with Gasteiger partial charge in [-0.25, -0.2) is 9.37 Å². The molecule has 1 unspecified atom stereocenters. The van der Waals surface area contributed by atoms with Crippen LogP contribution in [-0.4, -0.2) is 66.2 Å². The van der Waals surface area contributed by atoms with E-state index < -0.39 is 11.9 Å². The summed E-state index contributed by atoms with van der Waals surface area (Å²) in [5, 5.41) is 0.525. The van der Waals surface area contributed by atoms with Crippen molar-refractivity contribution in [3.63, 3.8) is 0 Å². The van der Waals surface area contributed by atoms with Crippen LogP contribution < -0.4 is 5.56 Å². The van der Waals surface area contributed by atoms with E-state index >= 15 is 0 Å². The number of benzene rings is 2. The van der Waals surface area contributed by atoms with Gasteiger partial charge in [0.05, 0.1) is 30.1 Å². The molecular formula is C25H31FN4O3. The maximum absolute atomic E-state index is 13.6. The predicted octanol–water partition coefficient (Wildman–Crippen LogP) is 3.34. The third-order valence-electron chi connectivity index (χ3n) is 5.61. The van der Waals surface area contributed by atoms with Gasteiger partial charge in [0.1, 0.15) is 11.6 Å². The molecule has 0 spiro atoms. The van der Waals surface area contributed by atoms with E-state index in [0.717, 1.165) is 0 Å². The Balaban J connectivity index is 2.14. The lowest BCUT2D eigenvalue weighted by Crippen LogP contribution is -2.42. The molecule has 3 aromatic rings. The lowest BCUT2D eigenvalue weighted by Gasteiger charge is -2.33. The van der Waals surface area contributed by atoms with Crippen LogP contribution in [0.2, 0.25) is 0 Å². The van der Waals surface area contributed by atoms with Gasteiger partial charge in [-0.05, 0) is 56.9 Å². The van der Waals surface area contributed by atoms with Crippen molar-refractivity contribution >= 4 is 16.8 Å². The molecule has 0 aliphatic carbocycles. The predicted molar refractivity (Wildman–Crippen MR) is 127 cm³/mol. The quantitative estimate of drug-likeness (QED) is 0.470. The van der Waals surface area contributed by atoms with Crippen LogP contribution in [0.1, 0.15) is 35.6 Å². The van der Waals surface area contributed by atoms with Crippen molar-refractivity contribution in [3.8, 4) is 0 Å². The molecule has 0 saturated heterocycles. The van der Waals surface area contributed by atoms with Crippen LogP contribution in [0.15, 0.2) is 53.3 Å². The molecule has 1 aromatic heterocycles. The first-order valence-corrected chi connectivity index (χ1v) is 11.1. The van der Waals surface area contributed by atoms with Gasteiger partial charge < -0.3 is 14.5 Å². The topological polar surface area (TPSA) is 67.7 Å². The number of fused-ring (bicyclic) bond motifs is 1. The van der Waals surface area contributed by atoms with Crippen LogP contribution in [0.5, 0.6) is 0 Å². The summed E-state index contributed by atoms with van der Waals surface area (Å²) >= 11 is 0. The number of carbonyl (C=O) groups is 1. The molecule has 0 fully saturated rings. The van der Waals surface area contributed by atoms with Gasteiger partial charge in [0.25, 0.3) is 11.5 Å². The van der Waals surface area contributed by atoms with Gasteiger partial charge in [-0.3, -0.25) is 14.2 Å². The van der Waals surface area contributed by atoms with E-state index in [9.17, 15) is 14.0 Å². The number of hydrogen-bond donors (Lipinski definition) is 0. The third kappa shape index (κ3) is 5.64. The van der Waals surface area contributed by atoms with Crippen LogP contribution in [0.3, 0.4) is 0 Å². The summed E-state index contributed by atoms with van der Waals surface area (Å²) in [6.07, 6.45) is 0.554. The summed E-state index contributed by atoms with van der Waals surface area (Å²) in [6, 6.07) is 12.3. The Labute approximate surface area is 193 Å². The number of halogens is 1. The number of ether oxygens (including phenoxy) is 1. The number of likely N-dealkylation sites (N-methyl/N-ethyl adjacent to an activating group) is 1. The molecule has 0 aliphatic heterocycles. The molecule has 0 radical (unpaired) electrons. The molecule has 8 heteroatoms. The number of para-hydroxylation sites is 1. The Morgan fingerprint density at radius 1 is 1.12 bits per heavy atom. The molecule has 0 saturated carbocycles. The molecule has 0 N–H and O–H groups in total. The largest absolute Gasteiger partial charge is 0.383 e. The normalized spacial score (nSPS) is 12.3. The highest BCUT2D eigenvalue weighted by atomic mass is 19.1. The maximum atomic E-state index is 13.6. The zero-order chi connectivity index (χ0) is 24.0. The molecule has 1 amide bonds. The number of amides is 1. The average molecular weight is 455 g/mol. The summed E-state index contributed by atoms with van der Waals surface area (Å²) < 4.78 is 20.3. The Morgan fingerprint density at radius 3 is 2.45 bits per heavy atom. The fourth-order valence-electron chi connectivity index (χ4n) is 3.85. The Kier molecular flexibility index (Phi) is 8.30. The van der Waals surface area contributed by atoms with Crippen LogP contribution >= 0.6 is 0 Å². The van der Waals surface area contributed by atoms with Gasteiger partial charge in [0.15, 0.2) is 0 Å². The van der Waals surface area contributed by atoms with Gasteiger partial charge in [0.2, 0.25) is 0 Å². The standard InChI is InChI=1S/C25H31FN4O3/c1-5-22(29(15-14-28(2)3)24(31)18-10-12-19(26)13-11-18)23-27-21-9-7-6-8-20(21)25(32)30(23)16-17-33-4/h6-13,22H,5,14-17H2,1-4H3. The molecule has 7 nitrogen and oxygen atoms in total. The van der Waals surface area contributed by atoms with Crippen LogP contribution in [0.4, 0.5) is 4.39 Å². The van der Waals surface area contributed by atoms with E-state index in [2.05, 4.69) is 0 Å². The van der Waals surface area contributed by atoms with Crippen molar-refractivity contribution in [2.24, 2.45) is 0 Å². The fraction of sp³-hybridized carbons (Fsp3) is 0.400. The summed E-state index contributed by atoms with van der Waals surface area (Å²) in [5.41, 5.74) is 0.819. The van der Waals surface area contributed by atoms with E-state index in [1.165, 1.54) is 24.3 Å². The highest BCUT2D eigenvalue weighted by Gasteiger charge is 2.29. The van der Waals surface area contributed by atoms with Crippen molar-refractivity contribution in [1.82, 2.24) is 19.4 Å². The average Bonchev–Trinajstić information content (AvgIpc) is 2.81. The van der Waals surface area contributed by atoms with Crippen LogP contribution in [-0.2, 0) is 11.3 Å². The second kappa shape index (κ2) is 11.2. The third-order valence-corrected chi connectivity index (χ3v) is 5.61. The first kappa shape index (κ1) is 24.5. The van der Waals surface area contributed by atoms with Crippen molar-refractivity contribution in [3.05, 3.63) is 76.1 Å². The van der Waals surface area contributed by atoms with Crippen molar-refractivity contribution in [1.29, 1.82) is 0 Å². The monoisotopic (exact) mass is 454 g/mol. The van der Waals surface area contributed by atoms with E-state index in [0.29, 0.717) is 55.0 Å². The number of methoxy groups -OCH3 is 1. The van der Waals surface area contributed by atoms with Crippen molar-refractivity contribution < 1.29 is 13.9 Å². The highest BCUT2D eigenvalue weighted by molar-refractivity contribution is 5.94. The number of aromatic nitrogens is 2. The van der Waals surface area contributed by atoms with Crippen molar-refractivity contribution in [2.75, 3.05) is 40.9 Å². The molecule has 1 heterocycles. The first-order chi connectivity index (χ1) is 15.9. The summed E-state index contributed by atoms with van der Waals surface area (Å²) in [5.74, 6) is -0.111. The van der Waals surface area contributed by atoms with Gasteiger partial charge in [-0.1, -0.05) is 19.1 Å².